The molecule has 0 amide bonds. The average molecular weight is 351 g/mol. The second kappa shape index (κ2) is 7.04. The molecule has 0 atom stereocenters. The maximum Gasteiger partial charge on any atom is 0.363 e. The first-order valence-corrected chi connectivity index (χ1v) is 8.26. The average Bonchev–Trinajstić information content (AvgIpc) is 2.97. The molecule has 0 aliphatic carbocycles. The number of benzene rings is 2. The highest BCUT2D eigenvalue weighted by Crippen LogP contribution is 2.32. The summed E-state index contributed by atoms with van der Waals surface area (Å²) in [6.45, 7) is 6.08. The SMILES string of the molecule is COc1cccc(OC)c1C1=N/C(=C\c2c(C)cc(C)cc2C)C(=O)O1. The number of aliphatic imine (C=N–C) groups is 1. The predicted octanol–water partition coefficient (Wildman–Crippen LogP) is 3.97. The molecule has 1 heterocycles. The van der Waals surface area contributed by atoms with E-state index in [1.165, 1.54) is 5.56 Å². The lowest BCUT2D eigenvalue weighted by Gasteiger charge is -2.11. The Hall–Kier alpha value is -3.08. The van der Waals surface area contributed by atoms with Gasteiger partial charge in [-0.3, -0.25) is 0 Å². The van der Waals surface area contributed by atoms with Crippen LogP contribution in [0.5, 0.6) is 11.5 Å². The number of hydrogen-bond acceptors (Lipinski definition) is 5. The van der Waals surface area contributed by atoms with Crippen LogP contribution in [0.1, 0.15) is 27.8 Å². The van der Waals surface area contributed by atoms with Crippen LogP contribution in [-0.2, 0) is 9.53 Å². The Balaban J connectivity index is 2.09. The normalized spacial score (nSPS) is 15.0. The first kappa shape index (κ1) is 17.7. The van der Waals surface area contributed by atoms with Crippen molar-refractivity contribution in [2.75, 3.05) is 14.2 Å². The lowest BCUT2D eigenvalue weighted by atomic mass is 9.99. The van der Waals surface area contributed by atoms with E-state index in [1.54, 1.807) is 38.5 Å². The fourth-order valence-corrected chi connectivity index (χ4v) is 3.13. The molecule has 26 heavy (non-hydrogen) atoms. The van der Waals surface area contributed by atoms with Gasteiger partial charge in [-0.15, -0.1) is 0 Å². The summed E-state index contributed by atoms with van der Waals surface area (Å²) < 4.78 is 16.1. The predicted molar refractivity (Wildman–Crippen MR) is 101 cm³/mol. The highest BCUT2D eigenvalue weighted by atomic mass is 16.6. The smallest absolute Gasteiger partial charge is 0.363 e. The third kappa shape index (κ3) is 3.20. The number of methoxy groups -OCH3 is 2. The van der Waals surface area contributed by atoms with E-state index < -0.39 is 5.97 Å². The van der Waals surface area contributed by atoms with Gasteiger partial charge in [-0.2, -0.15) is 0 Å². The fraction of sp³-hybridized carbons (Fsp3) is 0.238. The van der Waals surface area contributed by atoms with Gasteiger partial charge in [0.05, 0.1) is 14.2 Å². The van der Waals surface area contributed by atoms with E-state index in [2.05, 4.69) is 17.1 Å². The van der Waals surface area contributed by atoms with Gasteiger partial charge in [0, 0.05) is 0 Å². The minimum absolute atomic E-state index is 0.179. The van der Waals surface area contributed by atoms with E-state index in [1.807, 2.05) is 20.8 Å². The molecule has 134 valence electrons. The zero-order valence-electron chi connectivity index (χ0n) is 15.5. The molecule has 0 spiro atoms. The molecule has 5 nitrogen and oxygen atoms in total. The molecule has 2 aromatic rings. The number of aryl methyl sites for hydroxylation is 3. The molecule has 0 radical (unpaired) electrons. The number of cyclic esters (lactones) is 1. The van der Waals surface area contributed by atoms with Gasteiger partial charge < -0.3 is 14.2 Å². The molecule has 5 heteroatoms. The van der Waals surface area contributed by atoms with E-state index in [9.17, 15) is 4.79 Å². The number of carbonyl (C=O) groups is 1. The van der Waals surface area contributed by atoms with Gasteiger partial charge in [0.15, 0.2) is 5.70 Å². The van der Waals surface area contributed by atoms with E-state index in [-0.39, 0.29) is 11.6 Å². The number of nitrogens with zero attached hydrogens (tertiary/aromatic N) is 1. The lowest BCUT2D eigenvalue weighted by Crippen LogP contribution is -2.09. The van der Waals surface area contributed by atoms with Crippen LogP contribution in [0.15, 0.2) is 41.0 Å². The Morgan fingerprint density at radius 3 is 2.12 bits per heavy atom. The minimum Gasteiger partial charge on any atom is -0.496 e. The van der Waals surface area contributed by atoms with Crippen molar-refractivity contribution in [1.82, 2.24) is 0 Å². The first-order chi connectivity index (χ1) is 12.4. The molecular weight excluding hydrogens is 330 g/mol. The van der Waals surface area contributed by atoms with Crippen LogP contribution < -0.4 is 9.47 Å². The largest absolute Gasteiger partial charge is 0.496 e. The van der Waals surface area contributed by atoms with Gasteiger partial charge in [0.25, 0.3) is 0 Å². The van der Waals surface area contributed by atoms with Gasteiger partial charge in [0.1, 0.15) is 17.1 Å². The van der Waals surface area contributed by atoms with E-state index in [0.29, 0.717) is 17.1 Å². The van der Waals surface area contributed by atoms with Crippen LogP contribution in [-0.4, -0.2) is 26.1 Å². The van der Waals surface area contributed by atoms with Crippen molar-refractivity contribution in [1.29, 1.82) is 0 Å². The van der Waals surface area contributed by atoms with Crippen LogP contribution in [0.3, 0.4) is 0 Å². The number of carbonyl (C=O) groups excluding carboxylic acids is 1. The molecule has 1 aliphatic heterocycles. The van der Waals surface area contributed by atoms with Crippen molar-refractivity contribution < 1.29 is 19.0 Å². The molecule has 0 aromatic heterocycles. The molecule has 0 bridgehead atoms. The van der Waals surface area contributed by atoms with Crippen molar-refractivity contribution in [2.24, 2.45) is 4.99 Å². The van der Waals surface area contributed by atoms with E-state index >= 15 is 0 Å². The Kier molecular flexibility index (Phi) is 4.80. The van der Waals surface area contributed by atoms with Crippen LogP contribution in [0.4, 0.5) is 0 Å². The summed E-state index contributed by atoms with van der Waals surface area (Å²) in [6, 6.07) is 9.49. The third-order valence-electron chi connectivity index (χ3n) is 4.28. The molecule has 3 rings (SSSR count). The summed E-state index contributed by atoms with van der Waals surface area (Å²) in [6.07, 6.45) is 1.77. The molecule has 0 fully saturated rings. The van der Waals surface area contributed by atoms with Crippen LogP contribution in [0.25, 0.3) is 6.08 Å². The summed E-state index contributed by atoms with van der Waals surface area (Å²) in [5.74, 6) is 0.741. The van der Waals surface area contributed by atoms with Crippen LogP contribution in [0.2, 0.25) is 0 Å². The zero-order chi connectivity index (χ0) is 18.8. The molecule has 0 saturated heterocycles. The van der Waals surface area contributed by atoms with Gasteiger partial charge in [-0.25, -0.2) is 9.79 Å². The van der Waals surface area contributed by atoms with Gasteiger partial charge >= 0.3 is 5.97 Å². The molecule has 0 saturated carbocycles. The molecular formula is C21H21NO4. The second-order valence-corrected chi connectivity index (χ2v) is 6.19. The van der Waals surface area contributed by atoms with Crippen molar-refractivity contribution in [2.45, 2.75) is 20.8 Å². The Morgan fingerprint density at radius 1 is 1.00 bits per heavy atom. The lowest BCUT2D eigenvalue weighted by molar-refractivity contribution is -0.129. The summed E-state index contributed by atoms with van der Waals surface area (Å²) in [5, 5.41) is 0. The van der Waals surface area contributed by atoms with Crippen molar-refractivity contribution in [3.8, 4) is 11.5 Å². The molecule has 1 aliphatic rings. The van der Waals surface area contributed by atoms with Crippen LogP contribution >= 0.6 is 0 Å². The standard InChI is InChI=1S/C21H21NO4/c1-12-9-13(2)15(14(3)10-12)11-16-21(23)26-20(22-16)19-17(24-4)7-6-8-18(19)25-5/h6-11H,1-5H3/b16-11-. The first-order valence-electron chi connectivity index (χ1n) is 8.26. The number of esters is 1. The van der Waals surface area contributed by atoms with Gasteiger partial charge in [-0.1, -0.05) is 23.8 Å². The number of rotatable bonds is 4. The van der Waals surface area contributed by atoms with Crippen molar-refractivity contribution in [3.63, 3.8) is 0 Å². The number of ether oxygens (including phenoxy) is 3. The van der Waals surface area contributed by atoms with Crippen molar-refractivity contribution in [3.05, 3.63) is 63.8 Å². The maximum absolute atomic E-state index is 12.4. The van der Waals surface area contributed by atoms with Gasteiger partial charge in [0.2, 0.25) is 5.90 Å². The summed E-state index contributed by atoms with van der Waals surface area (Å²) in [7, 11) is 3.09. The minimum atomic E-state index is -0.493. The van der Waals surface area contributed by atoms with Gasteiger partial charge in [-0.05, 0) is 55.7 Å². The Labute approximate surface area is 152 Å². The Bertz CT molecular complexity index is 896. The highest BCUT2D eigenvalue weighted by molar-refractivity contribution is 6.15. The fourth-order valence-electron chi connectivity index (χ4n) is 3.13. The third-order valence-corrected chi connectivity index (χ3v) is 4.28. The Morgan fingerprint density at radius 2 is 1.58 bits per heavy atom. The molecule has 0 unspecified atom stereocenters. The summed E-state index contributed by atoms with van der Waals surface area (Å²) in [4.78, 5) is 16.8. The summed E-state index contributed by atoms with van der Waals surface area (Å²) >= 11 is 0. The maximum atomic E-state index is 12.4. The highest BCUT2D eigenvalue weighted by Gasteiger charge is 2.29. The zero-order valence-corrected chi connectivity index (χ0v) is 15.5. The number of hydrogen-bond donors (Lipinski definition) is 0. The summed E-state index contributed by atoms with van der Waals surface area (Å²) in [5.41, 5.74) is 5.09. The van der Waals surface area contributed by atoms with Crippen molar-refractivity contribution >= 4 is 17.9 Å². The second-order valence-electron chi connectivity index (χ2n) is 6.19. The van der Waals surface area contributed by atoms with E-state index in [4.69, 9.17) is 14.2 Å². The quantitative estimate of drug-likeness (QED) is 0.618. The van der Waals surface area contributed by atoms with E-state index in [0.717, 1.165) is 16.7 Å². The monoisotopic (exact) mass is 351 g/mol. The topological polar surface area (TPSA) is 57.1 Å². The molecule has 2 aromatic carbocycles. The van der Waals surface area contributed by atoms with Crippen LogP contribution in [0, 0.1) is 20.8 Å². The molecule has 0 N–H and O–H groups in total.